The number of pyridine rings is 1. The van der Waals surface area contributed by atoms with Gasteiger partial charge < -0.3 is 10.6 Å². The summed E-state index contributed by atoms with van der Waals surface area (Å²) in [5, 5.41) is 3.71. The van der Waals surface area contributed by atoms with Crippen molar-refractivity contribution in [2.75, 3.05) is 12.1 Å². The van der Waals surface area contributed by atoms with E-state index in [4.69, 9.17) is 16.4 Å². The first kappa shape index (κ1) is 23.0. The first-order valence-corrected chi connectivity index (χ1v) is 8.54. The van der Waals surface area contributed by atoms with Gasteiger partial charge in [0.1, 0.15) is 0 Å². The molecule has 1 heterocycles. The molecule has 2 rings (SSSR count). The van der Waals surface area contributed by atoms with E-state index in [2.05, 4.69) is 10.1 Å². The molecule has 0 unspecified atom stereocenters. The zero-order chi connectivity index (χ0) is 21.5. The van der Waals surface area contributed by atoms with E-state index < -0.39 is 17.7 Å². The molecule has 0 radical (unpaired) electrons. The van der Waals surface area contributed by atoms with Gasteiger partial charge in [0.2, 0.25) is 5.84 Å². The number of nitrogens with zero attached hydrogens (tertiary/aromatic N) is 3. The molecule has 28 heavy (non-hydrogen) atoms. The average Bonchev–Trinajstić information content (AvgIpc) is 2.68. The molecule has 1 aromatic carbocycles. The summed E-state index contributed by atoms with van der Waals surface area (Å²) in [6, 6.07) is 7.91. The van der Waals surface area contributed by atoms with Gasteiger partial charge in [0.05, 0.1) is 24.1 Å². The van der Waals surface area contributed by atoms with E-state index in [1.165, 1.54) is 25.3 Å². The van der Waals surface area contributed by atoms with Crippen LogP contribution in [0.2, 0.25) is 0 Å². The number of aryl methyl sites for hydroxylation is 1. The molecule has 152 valence electrons. The van der Waals surface area contributed by atoms with Gasteiger partial charge in [-0.2, -0.15) is 13.9 Å². The summed E-state index contributed by atoms with van der Waals surface area (Å²) in [6.07, 6.45) is 1.65. The lowest BCUT2D eigenvalue weighted by Crippen LogP contribution is -2.47. The third-order valence-corrected chi connectivity index (χ3v) is 3.57. The van der Waals surface area contributed by atoms with E-state index in [1.54, 1.807) is 12.3 Å². The highest BCUT2D eigenvalue weighted by atomic mass is 19.3. The molecule has 7 nitrogen and oxygen atoms in total. The Labute approximate surface area is 163 Å². The zero-order valence-electron chi connectivity index (χ0n) is 16.5. The molecule has 0 aliphatic rings. The lowest BCUT2D eigenvalue weighted by molar-refractivity contribution is 0.0600. The number of hydrazone groups is 1. The Balaban J connectivity index is 0.00000190. The Bertz CT molecular complexity index is 833. The number of hydrogen-bond acceptors (Lipinski definition) is 6. The van der Waals surface area contributed by atoms with Gasteiger partial charge in [0.25, 0.3) is 0 Å². The van der Waals surface area contributed by atoms with E-state index in [0.717, 1.165) is 5.56 Å². The number of carbonyl (C=O) groups is 1. The van der Waals surface area contributed by atoms with Crippen LogP contribution in [-0.4, -0.2) is 29.8 Å². The first-order chi connectivity index (χ1) is 13.2. The summed E-state index contributed by atoms with van der Waals surface area (Å²) in [4.78, 5) is 16.2. The minimum atomic E-state index is -3.38. The number of anilines is 1. The van der Waals surface area contributed by atoms with Gasteiger partial charge in [-0.05, 0) is 36.8 Å². The fourth-order valence-electron chi connectivity index (χ4n) is 2.28. The first-order valence-electron chi connectivity index (χ1n) is 8.54. The number of nitrogens with two attached hydrogens (primary N) is 2. The van der Waals surface area contributed by atoms with Crippen molar-refractivity contribution in [2.24, 2.45) is 16.8 Å². The highest BCUT2D eigenvalue weighted by molar-refractivity contribution is 6.03. The average molecular weight is 393 g/mol. The summed E-state index contributed by atoms with van der Waals surface area (Å²) >= 11 is 0. The predicted octanol–water partition coefficient (Wildman–Crippen LogP) is 3.48. The summed E-state index contributed by atoms with van der Waals surface area (Å²) in [6.45, 7) is 6.49. The summed E-state index contributed by atoms with van der Waals surface area (Å²) in [5.41, 5.74) is 2.17. The molecule has 0 bridgehead atoms. The molecular weight excluding hydrogens is 368 g/mol. The smallest absolute Gasteiger partial charge is 0.337 e. The van der Waals surface area contributed by atoms with Crippen LogP contribution in [0.25, 0.3) is 11.3 Å². The fourth-order valence-corrected chi connectivity index (χ4v) is 2.28. The molecule has 0 aliphatic heterocycles. The molecule has 0 spiro atoms. The van der Waals surface area contributed by atoms with Gasteiger partial charge in [0, 0.05) is 18.7 Å². The highest BCUT2D eigenvalue weighted by Crippen LogP contribution is 2.28. The van der Waals surface area contributed by atoms with Crippen LogP contribution in [0.15, 0.2) is 41.6 Å². The van der Waals surface area contributed by atoms with E-state index in [1.807, 2.05) is 26.8 Å². The molecule has 9 heteroatoms. The molecule has 1 aromatic heterocycles. The van der Waals surface area contributed by atoms with E-state index in [0.29, 0.717) is 23.2 Å². The van der Waals surface area contributed by atoms with Gasteiger partial charge in [-0.25, -0.2) is 10.6 Å². The number of methoxy groups -OCH3 is 1. The molecule has 0 saturated heterocycles. The minimum absolute atomic E-state index is 0.0796. The summed E-state index contributed by atoms with van der Waals surface area (Å²) < 4.78 is 32.1. The fraction of sp³-hybridized carbons (Fsp3) is 0.316. The second-order valence-corrected chi connectivity index (χ2v) is 5.69. The van der Waals surface area contributed by atoms with Gasteiger partial charge >= 0.3 is 11.9 Å². The van der Waals surface area contributed by atoms with Crippen LogP contribution < -0.4 is 16.7 Å². The molecule has 0 amide bonds. The molecular formula is C19H25F2N5O2. The maximum Gasteiger partial charge on any atom is 0.337 e. The number of aromatic nitrogens is 1. The quantitative estimate of drug-likeness (QED) is 0.271. The lowest BCUT2D eigenvalue weighted by atomic mass is 10.0. The Hall–Kier alpha value is -3.07. The molecule has 4 N–H and O–H groups in total. The largest absolute Gasteiger partial charge is 0.465 e. The number of amidine groups is 1. The third kappa shape index (κ3) is 5.46. The SMILES string of the molecule is CC.COC(=O)c1cc(-c2ccc(C)cn2)cc(N(N)/C(=N\N)C(C)(F)F)c1. The van der Waals surface area contributed by atoms with Crippen molar-refractivity contribution in [3.63, 3.8) is 0 Å². The van der Waals surface area contributed by atoms with Gasteiger partial charge in [-0.1, -0.05) is 19.9 Å². The lowest BCUT2D eigenvalue weighted by Gasteiger charge is -2.24. The number of alkyl halides is 2. The van der Waals surface area contributed by atoms with Crippen LogP contribution >= 0.6 is 0 Å². The van der Waals surface area contributed by atoms with Crippen LogP contribution in [0, 0.1) is 6.92 Å². The molecule has 0 aliphatic carbocycles. The second-order valence-electron chi connectivity index (χ2n) is 5.69. The van der Waals surface area contributed by atoms with Crippen LogP contribution in [-0.2, 0) is 4.74 Å². The van der Waals surface area contributed by atoms with Crippen molar-refractivity contribution in [2.45, 2.75) is 33.6 Å². The second kappa shape index (κ2) is 9.75. The Kier molecular flexibility index (Phi) is 8.00. The Morgan fingerprint density at radius 1 is 1.25 bits per heavy atom. The van der Waals surface area contributed by atoms with Crippen molar-refractivity contribution >= 4 is 17.5 Å². The number of carbonyl (C=O) groups excluding carboxylic acids is 1. The standard InChI is InChI=1S/C17H19F2N5O2.C2H6/c1-10-4-5-14(22-9-10)11-6-12(15(25)26-3)8-13(7-11)24(21)16(23-20)17(2,18)19;1-2/h4-9H,20-21H2,1-3H3;1-2H3/b23-16-;. The van der Waals surface area contributed by atoms with E-state index in [-0.39, 0.29) is 11.3 Å². The topological polar surface area (TPSA) is 107 Å². The summed E-state index contributed by atoms with van der Waals surface area (Å²) in [5.74, 6) is 5.97. The number of hydrazine groups is 1. The maximum atomic E-state index is 13.7. The number of ether oxygens (including phenoxy) is 1. The molecule has 0 saturated carbocycles. The number of esters is 1. The normalized spacial score (nSPS) is 11.4. The maximum absolute atomic E-state index is 13.7. The molecule has 0 fully saturated rings. The third-order valence-electron chi connectivity index (χ3n) is 3.57. The van der Waals surface area contributed by atoms with Crippen molar-refractivity contribution in [3.8, 4) is 11.3 Å². The number of benzene rings is 1. The van der Waals surface area contributed by atoms with Crippen molar-refractivity contribution in [3.05, 3.63) is 47.7 Å². The molecule has 0 atom stereocenters. The van der Waals surface area contributed by atoms with Crippen LogP contribution in [0.3, 0.4) is 0 Å². The van der Waals surface area contributed by atoms with Crippen LogP contribution in [0.5, 0.6) is 0 Å². The summed E-state index contributed by atoms with van der Waals surface area (Å²) in [7, 11) is 1.21. The number of halogens is 2. The van der Waals surface area contributed by atoms with Crippen LogP contribution in [0.4, 0.5) is 14.5 Å². The zero-order valence-corrected chi connectivity index (χ0v) is 16.5. The monoisotopic (exact) mass is 393 g/mol. The van der Waals surface area contributed by atoms with E-state index in [9.17, 15) is 13.6 Å². The van der Waals surface area contributed by atoms with Crippen molar-refractivity contribution < 1.29 is 18.3 Å². The van der Waals surface area contributed by atoms with E-state index >= 15 is 0 Å². The van der Waals surface area contributed by atoms with Gasteiger partial charge in [-0.15, -0.1) is 0 Å². The van der Waals surface area contributed by atoms with Crippen molar-refractivity contribution in [1.82, 2.24) is 4.98 Å². The van der Waals surface area contributed by atoms with Gasteiger partial charge in [0.15, 0.2) is 0 Å². The minimum Gasteiger partial charge on any atom is -0.465 e. The molecule has 2 aromatic rings. The van der Waals surface area contributed by atoms with Gasteiger partial charge in [-0.3, -0.25) is 9.99 Å². The predicted molar refractivity (Wildman–Crippen MR) is 106 cm³/mol. The Morgan fingerprint density at radius 2 is 1.89 bits per heavy atom. The Morgan fingerprint density at radius 3 is 2.36 bits per heavy atom. The van der Waals surface area contributed by atoms with Crippen molar-refractivity contribution in [1.29, 1.82) is 0 Å². The number of rotatable bonds is 4. The van der Waals surface area contributed by atoms with Crippen LogP contribution in [0.1, 0.15) is 36.7 Å². The number of hydrogen-bond donors (Lipinski definition) is 2. The highest BCUT2D eigenvalue weighted by Gasteiger charge is 2.34.